The molecule has 0 saturated carbocycles. The number of carbonyl (C=O) groups is 3. The number of primary amides is 1. The van der Waals surface area contributed by atoms with E-state index in [2.05, 4.69) is 10.6 Å². The summed E-state index contributed by atoms with van der Waals surface area (Å²) in [7, 11) is 0. The Labute approximate surface area is 105 Å². The average Bonchev–Trinajstić information content (AvgIpc) is 2.29. The highest BCUT2D eigenvalue weighted by Crippen LogP contribution is 2.09. The highest BCUT2D eigenvalue weighted by Gasteiger charge is 2.04. The summed E-state index contributed by atoms with van der Waals surface area (Å²) in [5.74, 6) is -0.900. The first-order valence-electron chi connectivity index (χ1n) is 5.43. The maximum atomic E-state index is 11.5. The molecule has 0 aliphatic carbocycles. The number of hydrogen-bond acceptors (Lipinski definition) is 3. The van der Waals surface area contributed by atoms with Crippen LogP contribution in [0.2, 0.25) is 0 Å². The Morgan fingerprint density at radius 2 is 1.78 bits per heavy atom. The third-order valence-electron chi connectivity index (χ3n) is 2.18. The summed E-state index contributed by atoms with van der Waals surface area (Å²) in [4.78, 5) is 32.9. The van der Waals surface area contributed by atoms with Crippen molar-refractivity contribution < 1.29 is 14.4 Å². The van der Waals surface area contributed by atoms with Crippen molar-refractivity contribution >= 4 is 23.4 Å². The molecule has 4 N–H and O–H groups in total. The van der Waals surface area contributed by atoms with Gasteiger partial charge in [-0.25, -0.2) is 0 Å². The zero-order valence-corrected chi connectivity index (χ0v) is 10.0. The molecule has 0 spiro atoms. The number of hydrogen-bond donors (Lipinski definition) is 3. The van der Waals surface area contributed by atoms with Crippen LogP contribution >= 0.6 is 0 Å². The highest BCUT2D eigenvalue weighted by atomic mass is 16.2. The topological polar surface area (TPSA) is 101 Å². The Bertz CT molecular complexity index is 454. The number of nitrogens with two attached hydrogens (primary N) is 1. The van der Waals surface area contributed by atoms with E-state index in [4.69, 9.17) is 5.73 Å². The second kappa shape index (κ2) is 6.39. The van der Waals surface area contributed by atoms with Crippen molar-refractivity contribution in [1.29, 1.82) is 0 Å². The predicted octanol–water partition coefficient (Wildman–Crippen LogP) is 0.250. The third kappa shape index (κ3) is 4.65. The van der Waals surface area contributed by atoms with Crippen molar-refractivity contribution in [3.8, 4) is 0 Å². The molecule has 0 aromatic heterocycles. The minimum atomic E-state index is -0.515. The summed E-state index contributed by atoms with van der Waals surface area (Å²) < 4.78 is 0. The zero-order chi connectivity index (χ0) is 13.5. The lowest BCUT2D eigenvalue weighted by atomic mass is 10.2. The molecule has 0 atom stereocenters. The van der Waals surface area contributed by atoms with E-state index in [0.717, 1.165) is 0 Å². The summed E-state index contributed by atoms with van der Waals surface area (Å²) >= 11 is 0. The smallest absolute Gasteiger partial charge is 0.248 e. The van der Waals surface area contributed by atoms with Crippen molar-refractivity contribution in [3.05, 3.63) is 29.8 Å². The fourth-order valence-electron chi connectivity index (χ4n) is 1.29. The molecule has 1 aromatic rings. The van der Waals surface area contributed by atoms with Crippen LogP contribution in [0.5, 0.6) is 0 Å². The average molecular weight is 249 g/mol. The van der Waals surface area contributed by atoms with Crippen LogP contribution in [0, 0.1) is 0 Å². The zero-order valence-electron chi connectivity index (χ0n) is 10.0. The van der Waals surface area contributed by atoms with Crippen molar-refractivity contribution in [2.24, 2.45) is 5.73 Å². The van der Waals surface area contributed by atoms with Crippen LogP contribution in [0.25, 0.3) is 0 Å². The van der Waals surface area contributed by atoms with E-state index in [-0.39, 0.29) is 18.2 Å². The van der Waals surface area contributed by atoms with Crippen LogP contribution < -0.4 is 16.4 Å². The summed E-state index contributed by atoms with van der Waals surface area (Å²) in [5.41, 5.74) is 6.05. The van der Waals surface area contributed by atoms with Crippen molar-refractivity contribution in [3.63, 3.8) is 0 Å². The number of anilines is 1. The van der Waals surface area contributed by atoms with E-state index >= 15 is 0 Å². The molecule has 0 saturated heterocycles. The van der Waals surface area contributed by atoms with Gasteiger partial charge in [-0.3, -0.25) is 14.4 Å². The number of amides is 3. The molecule has 1 aromatic carbocycles. The van der Waals surface area contributed by atoms with E-state index in [0.29, 0.717) is 17.8 Å². The molecule has 6 nitrogen and oxygen atoms in total. The van der Waals surface area contributed by atoms with Gasteiger partial charge >= 0.3 is 0 Å². The van der Waals surface area contributed by atoms with Crippen molar-refractivity contribution in [1.82, 2.24) is 5.32 Å². The summed E-state index contributed by atoms with van der Waals surface area (Å²) in [6.07, 6.45) is 0.192. The van der Waals surface area contributed by atoms with Gasteiger partial charge in [0.15, 0.2) is 0 Å². The van der Waals surface area contributed by atoms with Crippen LogP contribution in [0.15, 0.2) is 24.3 Å². The van der Waals surface area contributed by atoms with Gasteiger partial charge in [-0.1, -0.05) is 0 Å². The molecule has 0 aliphatic heterocycles. The van der Waals surface area contributed by atoms with E-state index in [1.54, 1.807) is 12.1 Å². The molecule has 6 heteroatoms. The Kier molecular flexibility index (Phi) is 4.86. The SMILES string of the molecule is CC(=O)NCCC(=O)Nc1ccc(C(N)=O)cc1. The Morgan fingerprint density at radius 3 is 2.28 bits per heavy atom. The summed E-state index contributed by atoms with van der Waals surface area (Å²) in [6.45, 7) is 1.68. The highest BCUT2D eigenvalue weighted by molar-refractivity contribution is 5.94. The number of nitrogens with one attached hydrogen (secondary N) is 2. The molecule has 0 radical (unpaired) electrons. The van der Waals surface area contributed by atoms with Crippen LogP contribution in [-0.2, 0) is 9.59 Å². The van der Waals surface area contributed by atoms with Gasteiger partial charge in [0.2, 0.25) is 17.7 Å². The second-order valence-electron chi connectivity index (χ2n) is 3.72. The lowest BCUT2D eigenvalue weighted by molar-refractivity contribution is -0.119. The van der Waals surface area contributed by atoms with Gasteiger partial charge in [0.25, 0.3) is 0 Å². The Balaban J connectivity index is 2.44. The van der Waals surface area contributed by atoms with E-state index in [1.165, 1.54) is 19.1 Å². The normalized spacial score (nSPS) is 9.61. The first-order chi connectivity index (χ1) is 8.49. The lowest BCUT2D eigenvalue weighted by Crippen LogP contribution is -2.25. The fraction of sp³-hybridized carbons (Fsp3) is 0.250. The quantitative estimate of drug-likeness (QED) is 0.697. The molecule has 3 amide bonds. The summed E-state index contributed by atoms with van der Waals surface area (Å²) in [6, 6.07) is 6.25. The molecule has 1 rings (SSSR count). The van der Waals surface area contributed by atoms with Crippen LogP contribution in [0.1, 0.15) is 23.7 Å². The van der Waals surface area contributed by atoms with Crippen LogP contribution in [0.4, 0.5) is 5.69 Å². The maximum Gasteiger partial charge on any atom is 0.248 e. The van der Waals surface area contributed by atoms with Gasteiger partial charge in [-0.15, -0.1) is 0 Å². The molecular weight excluding hydrogens is 234 g/mol. The molecule has 0 unspecified atom stereocenters. The van der Waals surface area contributed by atoms with Crippen LogP contribution in [0.3, 0.4) is 0 Å². The largest absolute Gasteiger partial charge is 0.366 e. The van der Waals surface area contributed by atoms with Gasteiger partial charge in [0, 0.05) is 31.1 Å². The third-order valence-corrected chi connectivity index (χ3v) is 2.18. The lowest BCUT2D eigenvalue weighted by Gasteiger charge is -2.06. The van der Waals surface area contributed by atoms with Crippen molar-refractivity contribution in [2.75, 3.05) is 11.9 Å². The molecule has 0 aliphatic rings. The molecule has 0 heterocycles. The molecule has 96 valence electrons. The van der Waals surface area contributed by atoms with Gasteiger partial charge in [0.1, 0.15) is 0 Å². The van der Waals surface area contributed by atoms with Gasteiger partial charge in [-0.2, -0.15) is 0 Å². The molecule has 0 fully saturated rings. The van der Waals surface area contributed by atoms with E-state index in [9.17, 15) is 14.4 Å². The summed E-state index contributed by atoms with van der Waals surface area (Å²) in [5, 5.41) is 5.16. The molecular formula is C12H15N3O3. The Morgan fingerprint density at radius 1 is 1.17 bits per heavy atom. The molecule has 18 heavy (non-hydrogen) atoms. The minimum absolute atomic E-state index is 0.173. The first-order valence-corrected chi connectivity index (χ1v) is 5.43. The van der Waals surface area contributed by atoms with E-state index < -0.39 is 5.91 Å². The predicted molar refractivity (Wildman–Crippen MR) is 66.9 cm³/mol. The van der Waals surface area contributed by atoms with Crippen LogP contribution in [-0.4, -0.2) is 24.3 Å². The Hall–Kier alpha value is -2.37. The number of rotatable bonds is 5. The van der Waals surface area contributed by atoms with Gasteiger partial charge < -0.3 is 16.4 Å². The monoisotopic (exact) mass is 249 g/mol. The standard InChI is InChI=1S/C12H15N3O3/c1-8(16)14-7-6-11(17)15-10-4-2-9(3-5-10)12(13)18/h2-5H,6-7H2,1H3,(H2,13,18)(H,14,16)(H,15,17). The first kappa shape index (κ1) is 13.7. The number of benzene rings is 1. The van der Waals surface area contributed by atoms with Gasteiger partial charge in [0.05, 0.1) is 0 Å². The maximum absolute atomic E-state index is 11.5. The van der Waals surface area contributed by atoms with E-state index in [1.807, 2.05) is 0 Å². The minimum Gasteiger partial charge on any atom is -0.366 e. The van der Waals surface area contributed by atoms with Crippen molar-refractivity contribution in [2.45, 2.75) is 13.3 Å². The second-order valence-corrected chi connectivity index (χ2v) is 3.72. The number of carbonyl (C=O) groups excluding carboxylic acids is 3. The molecule has 0 bridgehead atoms. The fourth-order valence-corrected chi connectivity index (χ4v) is 1.29. The van der Waals surface area contributed by atoms with Gasteiger partial charge in [-0.05, 0) is 24.3 Å².